The monoisotopic (exact) mass is 513 g/mol. The van der Waals surface area contributed by atoms with Gasteiger partial charge in [0, 0.05) is 0 Å². The number of nitrogens with one attached hydrogen (secondary N) is 1. The molecule has 0 fully saturated rings. The fourth-order valence-electron chi connectivity index (χ4n) is 2.86. The molecule has 0 bridgehead atoms. The van der Waals surface area contributed by atoms with Gasteiger partial charge in [0.2, 0.25) is 0 Å². The molecule has 0 saturated heterocycles. The summed E-state index contributed by atoms with van der Waals surface area (Å²) in [6.45, 7) is -0.948. The van der Waals surface area contributed by atoms with Gasteiger partial charge in [-0.25, -0.2) is 9.36 Å². The summed E-state index contributed by atoms with van der Waals surface area (Å²) in [6.07, 6.45) is -1.74. The van der Waals surface area contributed by atoms with Crippen LogP contribution in [0, 0.1) is 0 Å². The first kappa shape index (κ1) is 26.5. The molecule has 0 unspecified atom stereocenters. The van der Waals surface area contributed by atoms with Crippen LogP contribution in [0.1, 0.15) is 12.0 Å². The summed E-state index contributed by atoms with van der Waals surface area (Å²) in [7, 11) is -4.39. The normalized spacial score (nSPS) is 11.7. The molecule has 0 aromatic heterocycles. The molecule has 3 aromatic carbocycles. The smallest absolute Gasteiger partial charge is 0.481 e. The van der Waals surface area contributed by atoms with Crippen LogP contribution in [0.2, 0.25) is 0 Å². The molecule has 36 heavy (non-hydrogen) atoms. The van der Waals surface area contributed by atoms with Crippen LogP contribution in [-0.4, -0.2) is 35.6 Å². The third-order valence-corrected chi connectivity index (χ3v) is 5.87. The lowest BCUT2D eigenvalue weighted by Gasteiger charge is -2.20. The van der Waals surface area contributed by atoms with Crippen molar-refractivity contribution in [2.24, 2.45) is 0 Å². The molecule has 0 aliphatic heterocycles. The van der Waals surface area contributed by atoms with E-state index in [2.05, 4.69) is 5.32 Å². The average Bonchev–Trinajstić information content (AvgIpc) is 2.87. The zero-order valence-electron chi connectivity index (χ0n) is 19.0. The maximum atomic E-state index is 13.3. The number of phosphoric acid groups is 1. The Balaban J connectivity index is 1.66. The van der Waals surface area contributed by atoms with E-state index in [-0.39, 0.29) is 18.1 Å². The third-order valence-electron chi connectivity index (χ3n) is 4.56. The summed E-state index contributed by atoms with van der Waals surface area (Å²) in [5.74, 6) is -1.90. The number of aliphatic carboxylic acids is 1. The van der Waals surface area contributed by atoms with Crippen LogP contribution in [0.25, 0.3) is 0 Å². The van der Waals surface area contributed by atoms with Gasteiger partial charge in [-0.1, -0.05) is 66.7 Å². The van der Waals surface area contributed by atoms with Crippen molar-refractivity contribution < 1.29 is 42.4 Å². The zero-order chi connectivity index (χ0) is 25.8. The molecule has 0 heterocycles. The Hall–Kier alpha value is -4.14. The molecular weight excluding hydrogens is 489 g/mol. The number of para-hydroxylation sites is 2. The van der Waals surface area contributed by atoms with Crippen LogP contribution >= 0.6 is 7.82 Å². The van der Waals surface area contributed by atoms with Crippen molar-refractivity contribution in [2.45, 2.75) is 19.1 Å². The number of ketones is 1. The zero-order valence-corrected chi connectivity index (χ0v) is 19.9. The van der Waals surface area contributed by atoms with Gasteiger partial charge in [0.25, 0.3) is 0 Å². The fourth-order valence-corrected chi connectivity index (χ4v) is 4.05. The molecule has 10 nitrogen and oxygen atoms in total. The molecule has 0 aliphatic carbocycles. The summed E-state index contributed by atoms with van der Waals surface area (Å²) in [5, 5.41) is 11.4. The van der Waals surface area contributed by atoms with Gasteiger partial charge in [0.1, 0.15) is 30.8 Å². The lowest BCUT2D eigenvalue weighted by atomic mass is 10.1. The molecule has 3 aromatic rings. The van der Waals surface area contributed by atoms with Crippen molar-refractivity contribution in [3.63, 3.8) is 0 Å². The average molecular weight is 513 g/mol. The summed E-state index contributed by atoms with van der Waals surface area (Å²) in [6, 6.07) is 23.4. The number of rotatable bonds is 13. The SMILES string of the molecule is O=C(O)C[C@H](NC(=O)OCc1ccccc1)C(=O)COP(=O)(Oc1ccccc1)Oc1ccccc1. The van der Waals surface area contributed by atoms with E-state index in [0.717, 1.165) is 0 Å². The molecule has 1 atom stereocenters. The van der Waals surface area contributed by atoms with Crippen LogP contribution in [0.3, 0.4) is 0 Å². The Labute approximate surface area is 207 Å². The quantitative estimate of drug-likeness (QED) is 0.314. The molecule has 0 spiro atoms. The number of ether oxygens (including phenoxy) is 1. The van der Waals surface area contributed by atoms with E-state index in [9.17, 15) is 24.1 Å². The van der Waals surface area contributed by atoms with Crippen molar-refractivity contribution in [1.29, 1.82) is 0 Å². The van der Waals surface area contributed by atoms with Gasteiger partial charge in [-0.05, 0) is 29.8 Å². The van der Waals surface area contributed by atoms with Crippen LogP contribution in [0.5, 0.6) is 11.5 Å². The van der Waals surface area contributed by atoms with Crippen molar-refractivity contribution >= 4 is 25.7 Å². The Morgan fingerprint density at radius 3 is 1.81 bits per heavy atom. The number of carbonyl (C=O) groups excluding carboxylic acids is 2. The van der Waals surface area contributed by atoms with Gasteiger partial charge in [-0.2, -0.15) is 0 Å². The van der Waals surface area contributed by atoms with Gasteiger partial charge in [-0.3, -0.25) is 14.1 Å². The molecule has 0 saturated carbocycles. The number of benzene rings is 3. The molecule has 2 N–H and O–H groups in total. The van der Waals surface area contributed by atoms with Gasteiger partial charge in [-0.15, -0.1) is 0 Å². The second-order valence-electron chi connectivity index (χ2n) is 7.35. The number of carboxylic acid groups (broad SMARTS) is 1. The van der Waals surface area contributed by atoms with Crippen molar-refractivity contribution in [1.82, 2.24) is 5.32 Å². The molecular formula is C25H24NO9P. The topological polar surface area (TPSA) is 137 Å². The highest BCUT2D eigenvalue weighted by Crippen LogP contribution is 2.49. The number of Topliss-reactive ketones (excluding diaryl/α,β-unsaturated/α-hetero) is 1. The van der Waals surface area contributed by atoms with E-state index in [4.69, 9.17) is 18.3 Å². The van der Waals surface area contributed by atoms with Crippen molar-refractivity contribution in [3.05, 3.63) is 96.6 Å². The fraction of sp³-hybridized carbons (Fsp3) is 0.160. The van der Waals surface area contributed by atoms with E-state index in [1.54, 1.807) is 66.7 Å². The number of phosphoric ester groups is 1. The highest BCUT2D eigenvalue weighted by Gasteiger charge is 2.34. The predicted octanol–water partition coefficient (Wildman–Crippen LogP) is 4.61. The van der Waals surface area contributed by atoms with Gasteiger partial charge >= 0.3 is 19.9 Å². The van der Waals surface area contributed by atoms with Crippen LogP contribution < -0.4 is 14.4 Å². The molecule has 188 valence electrons. The summed E-state index contributed by atoms with van der Waals surface area (Å²) < 4.78 is 34.5. The Bertz CT molecular complexity index is 1140. The van der Waals surface area contributed by atoms with E-state index >= 15 is 0 Å². The van der Waals surface area contributed by atoms with E-state index < -0.39 is 44.7 Å². The van der Waals surface area contributed by atoms with Crippen molar-refractivity contribution in [3.8, 4) is 11.5 Å². The first-order valence-electron chi connectivity index (χ1n) is 10.8. The van der Waals surface area contributed by atoms with Gasteiger partial charge in [0.05, 0.1) is 6.42 Å². The Kier molecular flexibility index (Phi) is 9.62. The van der Waals surface area contributed by atoms with Gasteiger partial charge in [0.15, 0.2) is 5.78 Å². The van der Waals surface area contributed by atoms with Crippen LogP contribution in [0.4, 0.5) is 4.79 Å². The standard InChI is InChI=1S/C25H24NO9P/c27-23(22(16-24(28)29)26-25(30)32-17-19-10-4-1-5-11-19)18-33-36(31,34-20-12-6-2-7-13-20)35-21-14-8-3-9-15-21/h1-15,22H,16-18H2,(H,26,30)(H,28,29)/t22-/m0/s1. The van der Waals surface area contributed by atoms with E-state index in [0.29, 0.717) is 5.56 Å². The first-order chi connectivity index (χ1) is 17.3. The summed E-state index contributed by atoms with van der Waals surface area (Å²) in [4.78, 5) is 36.2. The maximum Gasteiger partial charge on any atom is 0.588 e. The Morgan fingerprint density at radius 2 is 1.31 bits per heavy atom. The van der Waals surface area contributed by atoms with Gasteiger partial charge < -0.3 is 24.2 Å². The predicted molar refractivity (Wildman–Crippen MR) is 129 cm³/mol. The minimum atomic E-state index is -4.39. The first-order valence-corrected chi connectivity index (χ1v) is 12.2. The molecule has 3 rings (SSSR count). The lowest BCUT2D eigenvalue weighted by Crippen LogP contribution is -2.44. The molecule has 11 heteroatoms. The second-order valence-corrected chi connectivity index (χ2v) is 8.87. The minimum Gasteiger partial charge on any atom is -0.481 e. The number of hydrogen-bond donors (Lipinski definition) is 2. The highest BCUT2D eigenvalue weighted by atomic mass is 31.2. The summed E-state index contributed by atoms with van der Waals surface area (Å²) >= 11 is 0. The van der Waals surface area contributed by atoms with Crippen LogP contribution in [-0.2, 0) is 30.0 Å². The van der Waals surface area contributed by atoms with Crippen molar-refractivity contribution in [2.75, 3.05) is 6.61 Å². The number of hydrogen-bond acceptors (Lipinski definition) is 8. The minimum absolute atomic E-state index is 0.0812. The number of alkyl carbamates (subject to hydrolysis) is 1. The number of amides is 1. The largest absolute Gasteiger partial charge is 0.588 e. The van der Waals surface area contributed by atoms with Crippen LogP contribution in [0.15, 0.2) is 91.0 Å². The molecule has 0 radical (unpaired) electrons. The van der Waals surface area contributed by atoms with E-state index in [1.165, 1.54) is 24.3 Å². The number of carboxylic acids is 1. The third kappa shape index (κ3) is 8.90. The highest BCUT2D eigenvalue weighted by molar-refractivity contribution is 7.49. The van der Waals surface area contributed by atoms with E-state index in [1.807, 2.05) is 0 Å². The Morgan fingerprint density at radius 1 is 0.806 bits per heavy atom. The lowest BCUT2D eigenvalue weighted by molar-refractivity contribution is -0.139. The molecule has 0 aliphatic rings. The second kappa shape index (κ2) is 13.1. The number of carbonyl (C=O) groups is 3. The summed E-state index contributed by atoms with van der Waals surface area (Å²) in [5.41, 5.74) is 0.703. The molecule has 1 amide bonds. The maximum absolute atomic E-state index is 13.3.